The molecule has 1 amide bonds. The molecule has 0 spiro atoms. The standard InChI is InChI=1S/C16H23N3O3S/c20-16(12-17-13-7-8-13)18-14-5-4-6-15(11-14)23(21,22)19-9-2-1-3-10-19/h4-6,11,13,17H,1-3,7-10,12H2,(H,18,20). The van der Waals surface area contributed by atoms with Crippen LogP contribution in [0, 0.1) is 0 Å². The normalized spacial score (nSPS) is 19.5. The Labute approximate surface area is 137 Å². The number of piperidine rings is 1. The highest BCUT2D eigenvalue weighted by atomic mass is 32.2. The molecule has 1 aromatic rings. The Morgan fingerprint density at radius 2 is 1.91 bits per heavy atom. The first-order chi connectivity index (χ1) is 11.1. The maximum atomic E-state index is 12.6. The zero-order valence-electron chi connectivity index (χ0n) is 13.1. The van der Waals surface area contributed by atoms with Crippen molar-refractivity contribution in [2.75, 3.05) is 25.0 Å². The molecule has 0 unspecified atom stereocenters. The first kappa shape index (κ1) is 16.4. The number of hydrogen-bond acceptors (Lipinski definition) is 4. The fourth-order valence-electron chi connectivity index (χ4n) is 2.72. The van der Waals surface area contributed by atoms with Crippen molar-refractivity contribution in [3.05, 3.63) is 24.3 Å². The molecule has 0 atom stereocenters. The number of nitrogens with zero attached hydrogens (tertiary/aromatic N) is 1. The van der Waals surface area contributed by atoms with Crippen LogP contribution < -0.4 is 10.6 Å². The number of benzene rings is 1. The van der Waals surface area contributed by atoms with Crippen molar-refractivity contribution in [1.82, 2.24) is 9.62 Å². The Balaban J connectivity index is 1.67. The van der Waals surface area contributed by atoms with Gasteiger partial charge in [0.05, 0.1) is 11.4 Å². The minimum atomic E-state index is -3.47. The molecule has 6 nitrogen and oxygen atoms in total. The Morgan fingerprint density at radius 3 is 2.61 bits per heavy atom. The van der Waals surface area contributed by atoms with E-state index in [9.17, 15) is 13.2 Å². The summed E-state index contributed by atoms with van der Waals surface area (Å²) in [6.45, 7) is 1.40. The van der Waals surface area contributed by atoms with Crippen LogP contribution in [0.4, 0.5) is 5.69 Å². The van der Waals surface area contributed by atoms with Gasteiger partial charge in [-0.3, -0.25) is 4.79 Å². The van der Waals surface area contributed by atoms with Crippen molar-refractivity contribution in [3.8, 4) is 0 Å². The summed E-state index contributed by atoms with van der Waals surface area (Å²) >= 11 is 0. The second-order valence-corrected chi connectivity index (χ2v) is 8.13. The number of amides is 1. The largest absolute Gasteiger partial charge is 0.325 e. The molecule has 2 fully saturated rings. The van der Waals surface area contributed by atoms with Crippen LogP contribution in [0.15, 0.2) is 29.2 Å². The summed E-state index contributed by atoms with van der Waals surface area (Å²) in [5.74, 6) is -0.149. The summed E-state index contributed by atoms with van der Waals surface area (Å²) < 4.78 is 26.8. The van der Waals surface area contributed by atoms with Gasteiger partial charge in [-0.25, -0.2) is 8.42 Å². The molecule has 2 N–H and O–H groups in total. The lowest BCUT2D eigenvalue weighted by atomic mass is 10.2. The van der Waals surface area contributed by atoms with Gasteiger partial charge in [-0.15, -0.1) is 0 Å². The zero-order chi connectivity index (χ0) is 16.3. The number of hydrogen-bond donors (Lipinski definition) is 2. The van der Waals surface area contributed by atoms with Crippen LogP contribution >= 0.6 is 0 Å². The molecule has 1 aliphatic carbocycles. The van der Waals surface area contributed by atoms with Crippen LogP contribution in [-0.4, -0.2) is 44.3 Å². The van der Waals surface area contributed by atoms with Crippen LogP contribution in [0.2, 0.25) is 0 Å². The van der Waals surface area contributed by atoms with Gasteiger partial charge in [-0.05, 0) is 43.9 Å². The third-order valence-corrected chi connectivity index (χ3v) is 6.09. The number of sulfonamides is 1. The molecule has 0 aromatic heterocycles. The molecule has 1 aromatic carbocycles. The lowest BCUT2D eigenvalue weighted by molar-refractivity contribution is -0.115. The van der Waals surface area contributed by atoms with E-state index in [1.54, 1.807) is 24.3 Å². The Hall–Kier alpha value is -1.44. The van der Waals surface area contributed by atoms with Crippen molar-refractivity contribution >= 4 is 21.6 Å². The van der Waals surface area contributed by atoms with E-state index in [0.717, 1.165) is 32.1 Å². The van der Waals surface area contributed by atoms with E-state index < -0.39 is 10.0 Å². The van der Waals surface area contributed by atoms with Gasteiger partial charge in [0, 0.05) is 24.8 Å². The highest BCUT2D eigenvalue weighted by Gasteiger charge is 2.26. The lowest BCUT2D eigenvalue weighted by Gasteiger charge is -2.26. The first-order valence-corrected chi connectivity index (χ1v) is 9.63. The van der Waals surface area contributed by atoms with Gasteiger partial charge >= 0.3 is 0 Å². The fraction of sp³-hybridized carbons (Fsp3) is 0.562. The van der Waals surface area contributed by atoms with Gasteiger partial charge in [0.1, 0.15) is 0 Å². The van der Waals surface area contributed by atoms with E-state index in [-0.39, 0.29) is 17.3 Å². The molecule has 23 heavy (non-hydrogen) atoms. The fourth-order valence-corrected chi connectivity index (χ4v) is 4.28. The molecule has 1 saturated heterocycles. The average Bonchev–Trinajstić information content (AvgIpc) is 3.38. The minimum absolute atomic E-state index is 0.149. The zero-order valence-corrected chi connectivity index (χ0v) is 13.9. The molecule has 2 aliphatic rings. The first-order valence-electron chi connectivity index (χ1n) is 8.19. The highest BCUT2D eigenvalue weighted by molar-refractivity contribution is 7.89. The number of carbonyl (C=O) groups excluding carboxylic acids is 1. The average molecular weight is 337 g/mol. The van der Waals surface area contributed by atoms with Gasteiger partial charge in [-0.2, -0.15) is 4.31 Å². The maximum Gasteiger partial charge on any atom is 0.243 e. The van der Waals surface area contributed by atoms with Gasteiger partial charge in [-0.1, -0.05) is 12.5 Å². The van der Waals surface area contributed by atoms with Crippen LogP contribution in [0.25, 0.3) is 0 Å². The van der Waals surface area contributed by atoms with Crippen molar-refractivity contribution < 1.29 is 13.2 Å². The lowest BCUT2D eigenvalue weighted by Crippen LogP contribution is -2.35. The molecule has 126 valence electrons. The van der Waals surface area contributed by atoms with Gasteiger partial charge in [0.25, 0.3) is 0 Å². The van der Waals surface area contributed by atoms with E-state index in [0.29, 0.717) is 24.8 Å². The van der Waals surface area contributed by atoms with E-state index in [1.807, 2.05) is 0 Å². The second kappa shape index (κ2) is 6.98. The number of rotatable bonds is 6. The Kier molecular flexibility index (Phi) is 4.99. The quantitative estimate of drug-likeness (QED) is 0.825. The van der Waals surface area contributed by atoms with E-state index in [1.165, 1.54) is 4.31 Å². The molecule has 7 heteroatoms. The Morgan fingerprint density at radius 1 is 1.17 bits per heavy atom. The molecular weight excluding hydrogens is 314 g/mol. The minimum Gasteiger partial charge on any atom is -0.325 e. The van der Waals surface area contributed by atoms with Crippen molar-refractivity contribution in [3.63, 3.8) is 0 Å². The van der Waals surface area contributed by atoms with E-state index in [4.69, 9.17) is 0 Å². The molecule has 0 radical (unpaired) electrons. The van der Waals surface area contributed by atoms with Crippen molar-refractivity contribution in [2.45, 2.75) is 43.0 Å². The highest BCUT2D eigenvalue weighted by Crippen LogP contribution is 2.23. The monoisotopic (exact) mass is 337 g/mol. The topological polar surface area (TPSA) is 78.5 Å². The second-order valence-electron chi connectivity index (χ2n) is 6.20. The summed E-state index contributed by atoms with van der Waals surface area (Å²) in [6, 6.07) is 6.97. The van der Waals surface area contributed by atoms with Crippen molar-refractivity contribution in [1.29, 1.82) is 0 Å². The molecular formula is C16H23N3O3S. The smallest absolute Gasteiger partial charge is 0.243 e. The summed E-state index contributed by atoms with van der Waals surface area (Å²) in [4.78, 5) is 12.1. The molecule has 0 bridgehead atoms. The summed E-state index contributed by atoms with van der Waals surface area (Å²) in [5.41, 5.74) is 0.519. The van der Waals surface area contributed by atoms with Crippen molar-refractivity contribution in [2.24, 2.45) is 0 Å². The van der Waals surface area contributed by atoms with Crippen LogP contribution in [0.5, 0.6) is 0 Å². The molecule has 3 rings (SSSR count). The van der Waals surface area contributed by atoms with Gasteiger partial charge < -0.3 is 10.6 Å². The number of anilines is 1. The predicted molar refractivity (Wildman–Crippen MR) is 88.7 cm³/mol. The SMILES string of the molecule is O=C(CNC1CC1)Nc1cccc(S(=O)(=O)N2CCCCC2)c1. The summed E-state index contributed by atoms with van der Waals surface area (Å²) in [6.07, 6.45) is 5.13. The van der Waals surface area contributed by atoms with E-state index in [2.05, 4.69) is 10.6 Å². The summed E-state index contributed by atoms with van der Waals surface area (Å²) in [7, 11) is -3.47. The maximum absolute atomic E-state index is 12.6. The van der Waals surface area contributed by atoms with E-state index >= 15 is 0 Å². The third-order valence-electron chi connectivity index (χ3n) is 4.20. The number of nitrogens with one attached hydrogen (secondary N) is 2. The molecule has 1 saturated carbocycles. The third kappa shape index (κ3) is 4.31. The van der Waals surface area contributed by atoms with Gasteiger partial charge in [0.2, 0.25) is 15.9 Å². The van der Waals surface area contributed by atoms with Crippen LogP contribution in [-0.2, 0) is 14.8 Å². The predicted octanol–water partition coefficient (Wildman–Crippen LogP) is 1.55. The summed E-state index contributed by atoms with van der Waals surface area (Å²) in [5, 5.41) is 5.89. The number of carbonyl (C=O) groups is 1. The molecule has 1 heterocycles. The molecule has 1 aliphatic heterocycles. The van der Waals surface area contributed by atoms with Gasteiger partial charge in [0.15, 0.2) is 0 Å². The van der Waals surface area contributed by atoms with Crippen LogP contribution in [0.1, 0.15) is 32.1 Å². The Bertz CT molecular complexity index is 665. The van der Waals surface area contributed by atoms with Crippen LogP contribution in [0.3, 0.4) is 0 Å².